The second-order valence-electron chi connectivity index (χ2n) is 9.38. The van der Waals surface area contributed by atoms with Crippen LogP contribution in [0.5, 0.6) is 0 Å². The first-order valence-electron chi connectivity index (χ1n) is 10.4. The molecule has 4 N–H and O–H groups in total. The van der Waals surface area contributed by atoms with Crippen molar-refractivity contribution in [2.45, 2.75) is 56.9 Å². The van der Waals surface area contributed by atoms with Crippen molar-refractivity contribution in [3.05, 3.63) is 6.33 Å². The molecule has 146 valence electrons. The Bertz CT molecular complexity index is 709. The molecule has 4 saturated carbocycles. The van der Waals surface area contributed by atoms with Crippen LogP contribution in [0.1, 0.15) is 51.4 Å². The van der Waals surface area contributed by atoms with E-state index >= 15 is 0 Å². The summed E-state index contributed by atoms with van der Waals surface area (Å²) in [6.45, 7) is 1.35. The summed E-state index contributed by atoms with van der Waals surface area (Å²) in [4.78, 5) is 22.2. The number of nitrogen functional groups attached to an aromatic ring is 1. The first-order valence-corrected chi connectivity index (χ1v) is 10.4. The van der Waals surface area contributed by atoms with E-state index in [2.05, 4.69) is 20.2 Å². The Kier molecular flexibility index (Phi) is 3.95. The molecule has 0 radical (unpaired) electrons. The Morgan fingerprint density at radius 3 is 2.26 bits per heavy atom. The zero-order valence-electron chi connectivity index (χ0n) is 15.7. The summed E-state index contributed by atoms with van der Waals surface area (Å²) >= 11 is 0. The molecule has 0 atom stereocenters. The minimum atomic E-state index is -0.700. The van der Waals surface area contributed by atoms with Gasteiger partial charge in [-0.3, -0.25) is 4.79 Å². The topological polar surface area (TPSA) is 104 Å². The molecule has 4 aliphatic carbocycles. The molecule has 1 saturated heterocycles. The van der Waals surface area contributed by atoms with Gasteiger partial charge in [0.2, 0.25) is 0 Å². The van der Waals surface area contributed by atoms with E-state index in [-0.39, 0.29) is 11.5 Å². The predicted octanol–water partition coefficient (Wildman–Crippen LogP) is 2.74. The molecule has 7 heteroatoms. The SMILES string of the molecule is Nc1c(NC23CC4CC(CC(C4)C2)C3)ncnc1N1CCC(C(=O)O)CC1. The molecule has 1 aromatic rings. The number of anilines is 3. The molecule has 0 aromatic carbocycles. The minimum absolute atomic E-state index is 0.158. The number of carboxylic acids is 1. The highest BCUT2D eigenvalue weighted by Gasteiger charge is 2.51. The largest absolute Gasteiger partial charge is 0.481 e. The zero-order chi connectivity index (χ0) is 18.6. The lowest BCUT2D eigenvalue weighted by atomic mass is 9.53. The van der Waals surface area contributed by atoms with Gasteiger partial charge in [-0.15, -0.1) is 0 Å². The average molecular weight is 371 g/mol. The Hall–Kier alpha value is -2.05. The number of hydrogen-bond acceptors (Lipinski definition) is 6. The smallest absolute Gasteiger partial charge is 0.306 e. The van der Waals surface area contributed by atoms with Crippen molar-refractivity contribution in [3.63, 3.8) is 0 Å². The van der Waals surface area contributed by atoms with Gasteiger partial charge in [-0.2, -0.15) is 0 Å². The second kappa shape index (κ2) is 6.24. The van der Waals surface area contributed by atoms with Gasteiger partial charge in [0.25, 0.3) is 0 Å². The highest BCUT2D eigenvalue weighted by atomic mass is 16.4. The third kappa shape index (κ3) is 3.01. The highest BCUT2D eigenvalue weighted by Crippen LogP contribution is 2.56. The van der Waals surface area contributed by atoms with Gasteiger partial charge in [0.05, 0.1) is 5.92 Å². The Labute approximate surface area is 159 Å². The van der Waals surface area contributed by atoms with Crippen molar-refractivity contribution < 1.29 is 9.90 Å². The van der Waals surface area contributed by atoms with Crippen LogP contribution in [-0.4, -0.2) is 39.7 Å². The lowest BCUT2D eigenvalue weighted by Gasteiger charge is -2.57. The van der Waals surface area contributed by atoms with Gasteiger partial charge < -0.3 is 21.1 Å². The third-order valence-electron chi connectivity index (χ3n) is 7.43. The van der Waals surface area contributed by atoms with E-state index in [9.17, 15) is 9.90 Å². The van der Waals surface area contributed by atoms with Crippen molar-refractivity contribution in [1.29, 1.82) is 0 Å². The lowest BCUT2D eigenvalue weighted by Crippen LogP contribution is -2.55. The number of rotatable bonds is 4. The zero-order valence-corrected chi connectivity index (χ0v) is 15.7. The molecule has 6 rings (SSSR count). The Morgan fingerprint density at radius 1 is 1.11 bits per heavy atom. The number of nitrogens with one attached hydrogen (secondary N) is 1. The van der Waals surface area contributed by atoms with Gasteiger partial charge in [-0.25, -0.2) is 9.97 Å². The van der Waals surface area contributed by atoms with Gasteiger partial charge >= 0.3 is 5.97 Å². The van der Waals surface area contributed by atoms with Crippen LogP contribution in [0.25, 0.3) is 0 Å². The Morgan fingerprint density at radius 2 is 1.70 bits per heavy atom. The fourth-order valence-corrected chi connectivity index (χ4v) is 6.59. The van der Waals surface area contributed by atoms with Crippen LogP contribution in [0, 0.1) is 23.7 Å². The van der Waals surface area contributed by atoms with Crippen molar-refractivity contribution in [3.8, 4) is 0 Å². The highest BCUT2D eigenvalue weighted by molar-refractivity contribution is 5.76. The molecule has 5 fully saturated rings. The summed E-state index contributed by atoms with van der Waals surface area (Å²) in [6.07, 6.45) is 10.8. The maximum absolute atomic E-state index is 11.2. The van der Waals surface area contributed by atoms with Crippen molar-refractivity contribution in [2.24, 2.45) is 23.7 Å². The molecule has 27 heavy (non-hydrogen) atoms. The molecule has 1 aliphatic heterocycles. The molecular weight excluding hydrogens is 342 g/mol. The van der Waals surface area contributed by atoms with Crippen LogP contribution >= 0.6 is 0 Å². The van der Waals surface area contributed by atoms with Crippen LogP contribution in [0.4, 0.5) is 17.3 Å². The first kappa shape index (κ1) is 17.1. The van der Waals surface area contributed by atoms with Crippen LogP contribution in [0.3, 0.4) is 0 Å². The van der Waals surface area contributed by atoms with Crippen LogP contribution in [-0.2, 0) is 4.79 Å². The summed E-state index contributed by atoms with van der Waals surface area (Å²) in [5.41, 5.74) is 7.26. The molecule has 2 heterocycles. The van der Waals surface area contributed by atoms with Crippen molar-refractivity contribution in [2.75, 3.05) is 29.0 Å². The molecule has 0 amide bonds. The number of carbonyl (C=O) groups is 1. The monoisotopic (exact) mass is 371 g/mol. The van der Waals surface area contributed by atoms with E-state index < -0.39 is 5.97 Å². The summed E-state index contributed by atoms with van der Waals surface area (Å²) in [7, 11) is 0. The molecule has 0 unspecified atom stereocenters. The van der Waals surface area contributed by atoms with E-state index in [1.54, 1.807) is 6.33 Å². The fourth-order valence-electron chi connectivity index (χ4n) is 6.59. The standard InChI is InChI=1S/C20H29N5O2/c21-16-17(24-20-8-12-5-13(9-20)7-14(6-12)10-20)22-11-23-18(16)25-3-1-15(2-4-25)19(26)27/h11-15H,1-10,21H2,(H,26,27)(H,22,23,24). The van der Waals surface area contributed by atoms with Gasteiger partial charge in [-0.1, -0.05) is 0 Å². The maximum atomic E-state index is 11.2. The normalized spacial score (nSPS) is 35.4. The number of carboxylic acid groups (broad SMARTS) is 1. The van der Waals surface area contributed by atoms with E-state index in [0.29, 0.717) is 31.6 Å². The predicted molar refractivity (Wildman–Crippen MR) is 104 cm³/mol. The molecule has 7 nitrogen and oxygen atoms in total. The maximum Gasteiger partial charge on any atom is 0.306 e. The lowest BCUT2D eigenvalue weighted by molar-refractivity contribution is -0.142. The fraction of sp³-hybridized carbons (Fsp3) is 0.750. The molecule has 5 aliphatic rings. The third-order valence-corrected chi connectivity index (χ3v) is 7.43. The number of aromatic nitrogens is 2. The van der Waals surface area contributed by atoms with Gasteiger partial charge in [0.1, 0.15) is 12.0 Å². The number of nitrogens with zero attached hydrogens (tertiary/aromatic N) is 3. The van der Waals surface area contributed by atoms with Crippen LogP contribution in [0.2, 0.25) is 0 Å². The quantitative estimate of drug-likeness (QED) is 0.747. The van der Waals surface area contributed by atoms with E-state index in [1.165, 1.54) is 38.5 Å². The average Bonchev–Trinajstić information content (AvgIpc) is 2.62. The summed E-state index contributed by atoms with van der Waals surface area (Å²) in [5, 5.41) is 13.0. The molecule has 4 bridgehead atoms. The van der Waals surface area contributed by atoms with Gasteiger partial charge in [0.15, 0.2) is 11.6 Å². The van der Waals surface area contributed by atoms with Crippen LogP contribution in [0.15, 0.2) is 6.33 Å². The summed E-state index contributed by atoms with van der Waals surface area (Å²) < 4.78 is 0. The second-order valence-corrected chi connectivity index (χ2v) is 9.38. The number of piperidine rings is 1. The number of nitrogens with two attached hydrogens (primary N) is 1. The number of hydrogen-bond donors (Lipinski definition) is 3. The molecular formula is C20H29N5O2. The minimum Gasteiger partial charge on any atom is -0.481 e. The van der Waals surface area contributed by atoms with Crippen molar-refractivity contribution in [1.82, 2.24) is 9.97 Å². The van der Waals surface area contributed by atoms with Gasteiger partial charge in [-0.05, 0) is 69.1 Å². The van der Waals surface area contributed by atoms with Crippen molar-refractivity contribution >= 4 is 23.3 Å². The van der Waals surface area contributed by atoms with E-state index in [1.807, 2.05) is 0 Å². The summed E-state index contributed by atoms with van der Waals surface area (Å²) in [6, 6.07) is 0. The molecule has 1 aromatic heterocycles. The number of aliphatic carboxylic acids is 1. The van der Waals surface area contributed by atoms with Gasteiger partial charge in [0, 0.05) is 18.6 Å². The first-order chi connectivity index (χ1) is 13.0. The molecule has 0 spiro atoms. The van der Waals surface area contributed by atoms with E-state index in [0.717, 1.165) is 29.4 Å². The van der Waals surface area contributed by atoms with Crippen LogP contribution < -0.4 is 16.0 Å². The Balaban J connectivity index is 1.34. The van der Waals surface area contributed by atoms with E-state index in [4.69, 9.17) is 5.73 Å². The summed E-state index contributed by atoms with van der Waals surface area (Å²) in [5.74, 6) is 3.15.